The number of anilines is 2. The molecule has 11 heteroatoms. The van der Waals surface area contributed by atoms with E-state index in [1.807, 2.05) is 38.1 Å². The molecule has 1 unspecified atom stereocenters. The SMILES string of the molecule is CCOc1ccccc1Nc1nnc(SC(C)C(=O)N2CCN(C(=O)c3ccco3)CC2)s1. The predicted molar refractivity (Wildman–Crippen MR) is 127 cm³/mol. The molecular weight excluding hydrogens is 462 g/mol. The van der Waals surface area contributed by atoms with Gasteiger partial charge in [0.25, 0.3) is 5.91 Å². The topological polar surface area (TPSA) is 101 Å². The number of para-hydroxylation sites is 2. The Bertz CT molecular complexity index is 1080. The lowest BCUT2D eigenvalue weighted by Gasteiger charge is -2.35. The first-order valence-electron chi connectivity index (χ1n) is 10.7. The number of benzene rings is 1. The molecule has 0 saturated carbocycles. The van der Waals surface area contributed by atoms with Gasteiger partial charge in [0, 0.05) is 26.2 Å². The molecule has 1 N–H and O–H groups in total. The first-order chi connectivity index (χ1) is 16.0. The first kappa shape index (κ1) is 23.1. The van der Waals surface area contributed by atoms with Gasteiger partial charge >= 0.3 is 0 Å². The molecule has 1 aliphatic heterocycles. The van der Waals surface area contributed by atoms with E-state index in [1.165, 1.54) is 29.4 Å². The average molecular weight is 488 g/mol. The van der Waals surface area contributed by atoms with Crippen molar-refractivity contribution in [2.75, 3.05) is 38.1 Å². The van der Waals surface area contributed by atoms with Crippen molar-refractivity contribution < 1.29 is 18.7 Å². The van der Waals surface area contributed by atoms with Crippen LogP contribution in [-0.4, -0.2) is 69.8 Å². The Morgan fingerprint density at radius 2 is 1.91 bits per heavy atom. The third-order valence-corrected chi connectivity index (χ3v) is 7.08. The number of nitrogens with one attached hydrogen (secondary N) is 1. The van der Waals surface area contributed by atoms with Crippen molar-refractivity contribution in [1.82, 2.24) is 20.0 Å². The molecule has 2 aromatic heterocycles. The van der Waals surface area contributed by atoms with Gasteiger partial charge in [0.05, 0.1) is 23.8 Å². The molecule has 0 spiro atoms. The molecule has 3 aromatic rings. The molecule has 0 radical (unpaired) electrons. The van der Waals surface area contributed by atoms with Crippen molar-refractivity contribution in [1.29, 1.82) is 0 Å². The minimum absolute atomic E-state index is 0.0245. The fourth-order valence-electron chi connectivity index (χ4n) is 3.42. The first-order valence-corrected chi connectivity index (χ1v) is 12.4. The maximum absolute atomic E-state index is 12.9. The predicted octanol–water partition coefficient (Wildman–Crippen LogP) is 3.74. The van der Waals surface area contributed by atoms with Crippen molar-refractivity contribution in [3.8, 4) is 5.75 Å². The fourth-order valence-corrected chi connectivity index (χ4v) is 5.41. The van der Waals surface area contributed by atoms with Gasteiger partial charge in [-0.1, -0.05) is 35.2 Å². The highest BCUT2D eigenvalue weighted by molar-refractivity contribution is 8.02. The maximum atomic E-state index is 12.9. The number of hydrogen-bond donors (Lipinski definition) is 1. The van der Waals surface area contributed by atoms with Gasteiger partial charge in [0.15, 0.2) is 10.1 Å². The molecule has 1 fully saturated rings. The van der Waals surface area contributed by atoms with Crippen LogP contribution in [-0.2, 0) is 4.79 Å². The Morgan fingerprint density at radius 3 is 2.64 bits per heavy atom. The minimum Gasteiger partial charge on any atom is -0.492 e. The van der Waals surface area contributed by atoms with Gasteiger partial charge in [-0.05, 0) is 38.1 Å². The van der Waals surface area contributed by atoms with Crippen LogP contribution in [0, 0.1) is 0 Å². The van der Waals surface area contributed by atoms with Gasteiger partial charge in [-0.15, -0.1) is 10.2 Å². The number of aromatic nitrogens is 2. The Hall–Kier alpha value is -3.05. The highest BCUT2D eigenvalue weighted by atomic mass is 32.2. The van der Waals surface area contributed by atoms with Crippen molar-refractivity contribution in [3.05, 3.63) is 48.4 Å². The Morgan fingerprint density at radius 1 is 1.15 bits per heavy atom. The van der Waals surface area contributed by atoms with Crippen LogP contribution in [0.15, 0.2) is 51.4 Å². The summed E-state index contributed by atoms with van der Waals surface area (Å²) in [5.74, 6) is 0.951. The summed E-state index contributed by atoms with van der Waals surface area (Å²) < 4.78 is 11.5. The van der Waals surface area contributed by atoms with Crippen LogP contribution in [0.25, 0.3) is 0 Å². The van der Waals surface area contributed by atoms with Gasteiger partial charge in [-0.3, -0.25) is 9.59 Å². The number of piperazine rings is 1. The van der Waals surface area contributed by atoms with Crippen molar-refractivity contribution in [3.63, 3.8) is 0 Å². The van der Waals surface area contributed by atoms with Crippen LogP contribution in [0.1, 0.15) is 24.4 Å². The summed E-state index contributed by atoms with van der Waals surface area (Å²) in [6.45, 7) is 6.32. The second-order valence-corrected chi connectivity index (χ2v) is 9.85. The van der Waals surface area contributed by atoms with Gasteiger partial charge in [0.2, 0.25) is 11.0 Å². The fraction of sp³-hybridized carbons (Fsp3) is 0.364. The van der Waals surface area contributed by atoms with Crippen LogP contribution < -0.4 is 10.1 Å². The second kappa shape index (κ2) is 10.7. The van der Waals surface area contributed by atoms with Gasteiger partial charge in [0.1, 0.15) is 5.75 Å². The summed E-state index contributed by atoms with van der Waals surface area (Å²) in [6.07, 6.45) is 1.48. The zero-order valence-electron chi connectivity index (χ0n) is 18.4. The Kier molecular flexibility index (Phi) is 7.50. The number of rotatable bonds is 8. The number of carbonyl (C=O) groups is 2. The normalized spacial score (nSPS) is 14.7. The van der Waals surface area contributed by atoms with Crippen molar-refractivity contribution >= 4 is 45.7 Å². The Balaban J connectivity index is 1.29. The molecule has 1 aliphatic rings. The zero-order chi connectivity index (χ0) is 23.2. The molecular formula is C22H25N5O4S2. The van der Waals surface area contributed by atoms with Crippen LogP contribution in [0.3, 0.4) is 0 Å². The number of amides is 2. The highest BCUT2D eigenvalue weighted by Crippen LogP contribution is 2.33. The number of furan rings is 1. The van der Waals surface area contributed by atoms with Crippen molar-refractivity contribution in [2.45, 2.75) is 23.4 Å². The number of thioether (sulfide) groups is 1. The van der Waals surface area contributed by atoms with Gasteiger partial charge < -0.3 is 24.3 Å². The average Bonchev–Trinajstić information content (AvgIpc) is 3.52. The van der Waals surface area contributed by atoms with Crippen LogP contribution in [0.4, 0.5) is 10.8 Å². The lowest BCUT2D eigenvalue weighted by atomic mass is 10.2. The third kappa shape index (κ3) is 5.66. The summed E-state index contributed by atoms with van der Waals surface area (Å²) in [4.78, 5) is 28.8. The van der Waals surface area contributed by atoms with E-state index in [9.17, 15) is 9.59 Å². The van der Waals surface area contributed by atoms with Crippen LogP contribution >= 0.6 is 23.1 Å². The second-order valence-electron chi connectivity index (χ2n) is 7.28. The summed E-state index contributed by atoms with van der Waals surface area (Å²) >= 11 is 2.77. The van der Waals surface area contributed by atoms with E-state index in [1.54, 1.807) is 21.9 Å². The standard InChI is InChI=1S/C22H25N5O4S2/c1-3-30-17-8-5-4-7-16(17)23-21-24-25-22(33-21)32-15(2)19(28)26-10-12-27(13-11-26)20(29)18-9-6-14-31-18/h4-9,14-15H,3,10-13H2,1-2H3,(H,23,24). The summed E-state index contributed by atoms with van der Waals surface area (Å²) in [6, 6.07) is 11.0. The number of carbonyl (C=O) groups excluding carboxylic acids is 2. The van der Waals surface area contributed by atoms with Crippen molar-refractivity contribution in [2.24, 2.45) is 0 Å². The number of hydrogen-bond acceptors (Lipinski definition) is 9. The minimum atomic E-state index is -0.311. The molecule has 0 aliphatic carbocycles. The molecule has 1 aromatic carbocycles. The monoisotopic (exact) mass is 487 g/mol. The zero-order valence-corrected chi connectivity index (χ0v) is 20.0. The van der Waals surface area contributed by atoms with Gasteiger partial charge in [-0.25, -0.2) is 0 Å². The molecule has 3 heterocycles. The molecule has 33 heavy (non-hydrogen) atoms. The van der Waals surface area contributed by atoms with E-state index in [4.69, 9.17) is 9.15 Å². The van der Waals surface area contributed by atoms with E-state index in [0.29, 0.717) is 48.0 Å². The quantitative estimate of drug-likeness (QED) is 0.480. The van der Waals surface area contributed by atoms with E-state index in [2.05, 4.69) is 15.5 Å². The number of nitrogens with zero attached hydrogens (tertiary/aromatic N) is 4. The van der Waals surface area contributed by atoms with Crippen LogP contribution in [0.2, 0.25) is 0 Å². The molecule has 2 amide bonds. The number of ether oxygens (including phenoxy) is 1. The molecule has 174 valence electrons. The summed E-state index contributed by atoms with van der Waals surface area (Å²) in [5.41, 5.74) is 0.818. The molecule has 9 nitrogen and oxygen atoms in total. The van der Waals surface area contributed by atoms with E-state index >= 15 is 0 Å². The molecule has 0 bridgehead atoms. The lowest BCUT2D eigenvalue weighted by molar-refractivity contribution is -0.131. The molecule has 1 atom stereocenters. The van der Waals surface area contributed by atoms with Crippen LogP contribution in [0.5, 0.6) is 5.75 Å². The Labute approximate surface area is 200 Å². The van der Waals surface area contributed by atoms with E-state index in [-0.39, 0.29) is 17.1 Å². The summed E-state index contributed by atoms with van der Waals surface area (Å²) in [7, 11) is 0. The largest absolute Gasteiger partial charge is 0.492 e. The highest BCUT2D eigenvalue weighted by Gasteiger charge is 2.29. The lowest BCUT2D eigenvalue weighted by Crippen LogP contribution is -2.52. The van der Waals surface area contributed by atoms with E-state index < -0.39 is 0 Å². The van der Waals surface area contributed by atoms with Gasteiger partial charge in [-0.2, -0.15) is 0 Å². The summed E-state index contributed by atoms with van der Waals surface area (Å²) in [5, 5.41) is 12.0. The molecule has 1 saturated heterocycles. The smallest absolute Gasteiger partial charge is 0.289 e. The molecule has 4 rings (SSSR count). The third-order valence-electron chi connectivity index (χ3n) is 5.07. The van der Waals surface area contributed by atoms with E-state index in [0.717, 1.165) is 11.4 Å². The maximum Gasteiger partial charge on any atom is 0.289 e.